The Labute approximate surface area is 130 Å². The Hall–Kier alpha value is -0.770. The van der Waals surface area contributed by atoms with Gasteiger partial charge >= 0.3 is 0 Å². The monoisotopic (exact) mass is 314 g/mol. The Balaban J connectivity index is 2.14. The molecule has 0 bridgehead atoms. The van der Waals surface area contributed by atoms with Gasteiger partial charge in [-0.05, 0) is 44.6 Å². The van der Waals surface area contributed by atoms with Gasteiger partial charge < -0.3 is 10.2 Å². The summed E-state index contributed by atoms with van der Waals surface area (Å²) in [6.07, 6.45) is 2.75. The fourth-order valence-corrected chi connectivity index (χ4v) is 3.18. The zero-order valence-corrected chi connectivity index (χ0v) is 13.4. The normalized spacial score (nSPS) is 16.9. The molecular formula is C15H20Cl2N2O. The van der Waals surface area contributed by atoms with E-state index in [4.69, 9.17) is 23.2 Å². The highest BCUT2D eigenvalue weighted by Crippen LogP contribution is 2.46. The Morgan fingerprint density at radius 1 is 1.35 bits per heavy atom. The molecule has 3 nitrogen and oxygen atoms in total. The van der Waals surface area contributed by atoms with Crippen molar-refractivity contribution in [2.45, 2.75) is 24.7 Å². The van der Waals surface area contributed by atoms with Gasteiger partial charge in [-0.25, -0.2) is 0 Å². The van der Waals surface area contributed by atoms with E-state index in [1.54, 1.807) is 12.1 Å². The Kier molecular flexibility index (Phi) is 4.95. The van der Waals surface area contributed by atoms with E-state index in [0.29, 0.717) is 16.6 Å². The predicted molar refractivity (Wildman–Crippen MR) is 83.6 cm³/mol. The number of halogens is 2. The highest BCUT2D eigenvalue weighted by Gasteiger charge is 2.46. The summed E-state index contributed by atoms with van der Waals surface area (Å²) < 4.78 is 0. The fourth-order valence-electron chi connectivity index (χ4n) is 2.59. The second kappa shape index (κ2) is 6.33. The minimum Gasteiger partial charge on any atom is -0.354 e. The van der Waals surface area contributed by atoms with Gasteiger partial charge in [0.25, 0.3) is 0 Å². The third kappa shape index (κ3) is 3.11. The largest absolute Gasteiger partial charge is 0.354 e. The molecule has 0 heterocycles. The summed E-state index contributed by atoms with van der Waals surface area (Å²) in [4.78, 5) is 14.6. The lowest BCUT2D eigenvalue weighted by Crippen LogP contribution is -2.50. The quantitative estimate of drug-likeness (QED) is 0.905. The fraction of sp³-hybridized carbons (Fsp3) is 0.533. The van der Waals surface area contributed by atoms with Gasteiger partial charge in [0.05, 0.1) is 5.41 Å². The molecule has 0 spiro atoms. The predicted octanol–water partition coefficient (Wildman–Crippen LogP) is 3.09. The van der Waals surface area contributed by atoms with Crippen LogP contribution < -0.4 is 5.32 Å². The van der Waals surface area contributed by atoms with E-state index in [9.17, 15) is 4.79 Å². The number of carbonyl (C=O) groups excluding carboxylic acids is 1. The molecule has 0 aromatic heterocycles. The van der Waals surface area contributed by atoms with E-state index in [2.05, 4.69) is 5.32 Å². The number of likely N-dealkylation sites (N-methyl/N-ethyl adjacent to an activating group) is 1. The number of carbonyl (C=O) groups is 1. The third-order valence-corrected chi connectivity index (χ3v) is 4.48. The van der Waals surface area contributed by atoms with Gasteiger partial charge in [-0.2, -0.15) is 0 Å². The van der Waals surface area contributed by atoms with Crippen molar-refractivity contribution in [2.75, 3.05) is 27.2 Å². The first-order chi connectivity index (χ1) is 9.45. The van der Waals surface area contributed by atoms with Crippen LogP contribution in [0, 0.1) is 0 Å². The smallest absolute Gasteiger partial charge is 0.230 e. The molecule has 1 saturated carbocycles. The standard InChI is InChI=1S/C15H20Cl2N2O/c1-19(2)9-8-18-14(20)15(6-3-7-15)12-5-4-11(16)10-13(12)17/h4-5,10H,3,6-9H2,1-2H3,(H,18,20). The van der Waals surface area contributed by atoms with Crippen LogP contribution in [0.15, 0.2) is 18.2 Å². The molecule has 20 heavy (non-hydrogen) atoms. The lowest BCUT2D eigenvalue weighted by atomic mass is 9.63. The van der Waals surface area contributed by atoms with Gasteiger partial charge in [0.2, 0.25) is 5.91 Å². The van der Waals surface area contributed by atoms with Crippen molar-refractivity contribution < 1.29 is 4.79 Å². The maximum Gasteiger partial charge on any atom is 0.230 e. The maximum absolute atomic E-state index is 12.5. The molecule has 110 valence electrons. The number of nitrogens with zero attached hydrogens (tertiary/aromatic N) is 1. The highest BCUT2D eigenvalue weighted by molar-refractivity contribution is 6.35. The van der Waals surface area contributed by atoms with E-state index in [1.807, 2.05) is 25.1 Å². The summed E-state index contributed by atoms with van der Waals surface area (Å²) in [7, 11) is 3.97. The average molecular weight is 315 g/mol. The summed E-state index contributed by atoms with van der Waals surface area (Å²) in [6, 6.07) is 5.40. The van der Waals surface area contributed by atoms with E-state index < -0.39 is 5.41 Å². The second-order valence-corrected chi connectivity index (χ2v) is 6.46. The van der Waals surface area contributed by atoms with Gasteiger partial charge in [0.15, 0.2) is 0 Å². The van der Waals surface area contributed by atoms with Crippen LogP contribution in [0.5, 0.6) is 0 Å². The Morgan fingerprint density at radius 3 is 2.55 bits per heavy atom. The van der Waals surface area contributed by atoms with Gasteiger partial charge in [-0.1, -0.05) is 35.7 Å². The van der Waals surface area contributed by atoms with E-state index in [1.165, 1.54) is 0 Å². The summed E-state index contributed by atoms with van der Waals surface area (Å²) in [5.74, 6) is 0.0785. The lowest BCUT2D eigenvalue weighted by Gasteiger charge is -2.41. The van der Waals surface area contributed by atoms with Crippen molar-refractivity contribution in [3.63, 3.8) is 0 Å². The third-order valence-electron chi connectivity index (χ3n) is 3.93. The Bertz CT molecular complexity index is 499. The minimum atomic E-state index is -0.464. The van der Waals surface area contributed by atoms with Crippen molar-refractivity contribution >= 4 is 29.1 Å². The number of hydrogen-bond donors (Lipinski definition) is 1. The molecule has 0 unspecified atom stereocenters. The molecule has 0 atom stereocenters. The molecule has 1 aromatic rings. The number of rotatable bonds is 5. The van der Waals surface area contributed by atoms with E-state index in [0.717, 1.165) is 31.4 Å². The maximum atomic E-state index is 12.5. The van der Waals surface area contributed by atoms with Crippen LogP contribution in [0.3, 0.4) is 0 Å². The number of hydrogen-bond acceptors (Lipinski definition) is 2. The van der Waals surface area contributed by atoms with E-state index in [-0.39, 0.29) is 5.91 Å². The van der Waals surface area contributed by atoms with Crippen LogP contribution in [0.4, 0.5) is 0 Å². The number of nitrogens with one attached hydrogen (secondary N) is 1. The topological polar surface area (TPSA) is 32.3 Å². The Morgan fingerprint density at radius 2 is 2.05 bits per heavy atom. The van der Waals surface area contributed by atoms with Gasteiger partial charge in [-0.15, -0.1) is 0 Å². The molecule has 0 radical (unpaired) electrons. The van der Waals surface area contributed by atoms with Crippen LogP contribution >= 0.6 is 23.2 Å². The first-order valence-electron chi connectivity index (χ1n) is 6.84. The zero-order chi connectivity index (χ0) is 14.8. The van der Waals surface area contributed by atoms with Crippen LogP contribution in [0.2, 0.25) is 10.0 Å². The first-order valence-corrected chi connectivity index (χ1v) is 7.60. The molecule has 2 rings (SSSR count). The summed E-state index contributed by atoms with van der Waals surface area (Å²) >= 11 is 12.2. The first kappa shape index (κ1) is 15.6. The lowest BCUT2D eigenvalue weighted by molar-refractivity contribution is -0.129. The van der Waals surface area contributed by atoms with Gasteiger partial charge in [0.1, 0.15) is 0 Å². The number of amides is 1. The van der Waals surface area contributed by atoms with Crippen molar-refractivity contribution in [1.29, 1.82) is 0 Å². The van der Waals surface area contributed by atoms with Crippen LogP contribution in [-0.4, -0.2) is 38.0 Å². The molecule has 1 amide bonds. The molecule has 1 fully saturated rings. The summed E-state index contributed by atoms with van der Waals surface area (Å²) in [5.41, 5.74) is 0.436. The molecule has 0 aliphatic heterocycles. The highest BCUT2D eigenvalue weighted by atomic mass is 35.5. The second-order valence-electron chi connectivity index (χ2n) is 5.62. The van der Waals surface area contributed by atoms with Crippen molar-refractivity contribution in [1.82, 2.24) is 10.2 Å². The van der Waals surface area contributed by atoms with Crippen LogP contribution in [0.25, 0.3) is 0 Å². The van der Waals surface area contributed by atoms with Gasteiger partial charge in [0, 0.05) is 23.1 Å². The molecule has 1 aliphatic carbocycles. The summed E-state index contributed by atoms with van der Waals surface area (Å²) in [6.45, 7) is 1.48. The van der Waals surface area contributed by atoms with Gasteiger partial charge in [-0.3, -0.25) is 4.79 Å². The minimum absolute atomic E-state index is 0.0785. The van der Waals surface area contributed by atoms with Crippen molar-refractivity contribution in [3.05, 3.63) is 33.8 Å². The average Bonchev–Trinajstić information content (AvgIpc) is 2.30. The van der Waals surface area contributed by atoms with E-state index >= 15 is 0 Å². The zero-order valence-electron chi connectivity index (χ0n) is 11.9. The van der Waals surface area contributed by atoms with Crippen LogP contribution in [0.1, 0.15) is 24.8 Å². The van der Waals surface area contributed by atoms with Crippen molar-refractivity contribution in [3.8, 4) is 0 Å². The molecule has 1 aromatic carbocycles. The van der Waals surface area contributed by atoms with Crippen molar-refractivity contribution in [2.24, 2.45) is 0 Å². The SMILES string of the molecule is CN(C)CCNC(=O)C1(c2ccc(Cl)cc2Cl)CCC1. The van der Waals surface area contributed by atoms with Crippen LogP contribution in [-0.2, 0) is 10.2 Å². The molecule has 1 aliphatic rings. The molecule has 1 N–H and O–H groups in total. The number of benzene rings is 1. The summed E-state index contributed by atoms with van der Waals surface area (Å²) in [5, 5.41) is 4.21. The molecule has 5 heteroatoms. The molecular weight excluding hydrogens is 295 g/mol. The molecule has 0 saturated heterocycles.